The van der Waals surface area contributed by atoms with Gasteiger partial charge in [-0.05, 0) is 44.6 Å². The maximum Gasteiger partial charge on any atom is 0.310 e. The molecule has 0 radical (unpaired) electrons. The minimum atomic E-state index is -0.547. The smallest absolute Gasteiger partial charge is 0.310 e. The Kier molecular flexibility index (Phi) is 5.48. The third-order valence-corrected chi connectivity index (χ3v) is 5.08. The highest BCUT2D eigenvalue weighted by Gasteiger charge is 2.42. The van der Waals surface area contributed by atoms with Gasteiger partial charge in [0.2, 0.25) is 0 Å². The van der Waals surface area contributed by atoms with Crippen molar-refractivity contribution in [1.29, 1.82) is 0 Å². The van der Waals surface area contributed by atoms with Crippen LogP contribution < -0.4 is 0 Å². The number of nitrogens with zero attached hydrogens (tertiary/aromatic N) is 1. The zero-order chi connectivity index (χ0) is 14.6. The summed E-state index contributed by atoms with van der Waals surface area (Å²) in [5, 5.41) is 9.82. The summed E-state index contributed by atoms with van der Waals surface area (Å²) in [6.45, 7) is 6.38. The first-order valence-electron chi connectivity index (χ1n) is 8.51. The fourth-order valence-electron chi connectivity index (χ4n) is 3.49. The van der Waals surface area contributed by atoms with Crippen LogP contribution in [0.5, 0.6) is 0 Å². The van der Waals surface area contributed by atoms with Gasteiger partial charge in [-0.2, -0.15) is 0 Å². The highest BCUT2D eigenvalue weighted by molar-refractivity contribution is 5.75. The van der Waals surface area contributed by atoms with Crippen molar-refractivity contribution in [3.8, 4) is 0 Å². The van der Waals surface area contributed by atoms with Gasteiger partial charge >= 0.3 is 5.97 Å². The van der Waals surface area contributed by atoms with E-state index in [1.807, 2.05) is 0 Å². The lowest BCUT2D eigenvalue weighted by molar-refractivity contribution is -0.151. The number of hydrogen-bond donors (Lipinski definition) is 1. The molecule has 0 amide bonds. The molecule has 0 aromatic carbocycles. The van der Waals surface area contributed by atoms with Crippen LogP contribution in [0.2, 0.25) is 0 Å². The Bertz CT molecular complexity index is 315. The monoisotopic (exact) mass is 281 g/mol. The van der Waals surface area contributed by atoms with Crippen LogP contribution in [0.25, 0.3) is 0 Å². The molecule has 2 aliphatic rings. The molecule has 0 unspecified atom stereocenters. The molecule has 3 nitrogen and oxygen atoms in total. The molecule has 0 bridgehead atoms. The van der Waals surface area contributed by atoms with Crippen LogP contribution in [0.4, 0.5) is 0 Å². The second-order valence-electron chi connectivity index (χ2n) is 7.38. The molecule has 0 aromatic rings. The maximum atomic E-state index is 11.9. The molecule has 0 spiro atoms. The van der Waals surface area contributed by atoms with E-state index in [2.05, 4.69) is 18.7 Å². The Hall–Kier alpha value is -0.570. The lowest BCUT2D eigenvalue weighted by Gasteiger charge is -2.35. The van der Waals surface area contributed by atoms with Crippen LogP contribution in [0.1, 0.15) is 71.6 Å². The summed E-state index contributed by atoms with van der Waals surface area (Å²) >= 11 is 0. The quantitative estimate of drug-likeness (QED) is 0.719. The molecule has 0 heterocycles. The highest BCUT2D eigenvalue weighted by atomic mass is 16.4. The van der Waals surface area contributed by atoms with Crippen molar-refractivity contribution in [2.45, 2.75) is 77.7 Å². The van der Waals surface area contributed by atoms with Crippen molar-refractivity contribution in [3.05, 3.63) is 0 Å². The van der Waals surface area contributed by atoms with Gasteiger partial charge in [0, 0.05) is 12.6 Å². The van der Waals surface area contributed by atoms with Gasteiger partial charge in [0.15, 0.2) is 0 Å². The molecular formula is C17H31NO2. The standard InChI is InChI=1S/C17H31NO2/c1-14(2)9-12-18(15-7-8-15)13-17(16(19)20)10-5-3-4-6-11-17/h14-15H,3-13H2,1-2H3,(H,19,20). The Labute approximate surface area is 123 Å². The number of aliphatic carboxylic acids is 1. The minimum absolute atomic E-state index is 0.462. The average Bonchev–Trinajstić information content (AvgIpc) is 3.21. The van der Waals surface area contributed by atoms with Crippen LogP contribution in [-0.4, -0.2) is 35.1 Å². The van der Waals surface area contributed by atoms with E-state index < -0.39 is 11.4 Å². The van der Waals surface area contributed by atoms with E-state index in [1.54, 1.807) is 0 Å². The SMILES string of the molecule is CC(C)CCN(CC1(C(=O)O)CCCCCC1)C1CC1. The van der Waals surface area contributed by atoms with Crippen LogP contribution in [0.15, 0.2) is 0 Å². The van der Waals surface area contributed by atoms with Gasteiger partial charge < -0.3 is 5.11 Å². The highest BCUT2D eigenvalue weighted by Crippen LogP contribution is 2.39. The van der Waals surface area contributed by atoms with E-state index in [-0.39, 0.29) is 0 Å². The molecule has 116 valence electrons. The van der Waals surface area contributed by atoms with E-state index in [0.29, 0.717) is 12.0 Å². The average molecular weight is 281 g/mol. The fourth-order valence-corrected chi connectivity index (χ4v) is 3.49. The predicted molar refractivity (Wildman–Crippen MR) is 81.8 cm³/mol. The van der Waals surface area contributed by atoms with Crippen molar-refractivity contribution in [1.82, 2.24) is 4.90 Å². The summed E-state index contributed by atoms with van der Waals surface area (Å²) < 4.78 is 0. The number of carbonyl (C=O) groups is 1. The number of carboxylic acid groups (broad SMARTS) is 1. The van der Waals surface area contributed by atoms with Crippen LogP contribution in [0, 0.1) is 11.3 Å². The number of carboxylic acids is 1. The lowest BCUT2D eigenvalue weighted by Crippen LogP contribution is -2.44. The van der Waals surface area contributed by atoms with Crippen LogP contribution in [0.3, 0.4) is 0 Å². The summed E-state index contributed by atoms with van der Waals surface area (Å²) in [6, 6.07) is 0.674. The van der Waals surface area contributed by atoms with Gasteiger partial charge in [-0.25, -0.2) is 0 Å². The molecule has 0 aliphatic heterocycles. The van der Waals surface area contributed by atoms with Crippen molar-refractivity contribution in [2.75, 3.05) is 13.1 Å². The van der Waals surface area contributed by atoms with Crippen LogP contribution >= 0.6 is 0 Å². The summed E-state index contributed by atoms with van der Waals surface area (Å²) in [7, 11) is 0. The van der Waals surface area contributed by atoms with E-state index in [4.69, 9.17) is 0 Å². The third kappa shape index (κ3) is 4.21. The predicted octanol–water partition coefficient (Wildman–Crippen LogP) is 3.92. The number of hydrogen-bond acceptors (Lipinski definition) is 2. The van der Waals surface area contributed by atoms with Crippen molar-refractivity contribution < 1.29 is 9.90 Å². The second-order valence-corrected chi connectivity index (χ2v) is 7.38. The number of rotatable bonds is 7. The van der Waals surface area contributed by atoms with Gasteiger partial charge in [0.05, 0.1) is 5.41 Å². The molecule has 0 saturated heterocycles. The Balaban J connectivity index is 2.01. The maximum absolute atomic E-state index is 11.9. The summed E-state index contributed by atoms with van der Waals surface area (Å²) in [5.41, 5.74) is -0.462. The van der Waals surface area contributed by atoms with E-state index in [0.717, 1.165) is 38.8 Å². The van der Waals surface area contributed by atoms with E-state index in [9.17, 15) is 9.90 Å². The molecule has 0 atom stereocenters. The van der Waals surface area contributed by atoms with Gasteiger partial charge in [-0.1, -0.05) is 39.5 Å². The zero-order valence-corrected chi connectivity index (χ0v) is 13.2. The molecule has 20 heavy (non-hydrogen) atoms. The summed E-state index contributed by atoms with van der Waals surface area (Å²) in [5.74, 6) is 0.153. The topological polar surface area (TPSA) is 40.5 Å². The molecule has 2 saturated carbocycles. The van der Waals surface area contributed by atoms with Gasteiger partial charge in [-0.3, -0.25) is 9.69 Å². The molecule has 3 heteroatoms. The summed E-state index contributed by atoms with van der Waals surface area (Å²) in [4.78, 5) is 14.4. The van der Waals surface area contributed by atoms with E-state index >= 15 is 0 Å². The zero-order valence-electron chi connectivity index (χ0n) is 13.2. The van der Waals surface area contributed by atoms with Crippen molar-refractivity contribution >= 4 is 5.97 Å². The molecule has 2 rings (SSSR count). The molecule has 1 N–H and O–H groups in total. The normalized spacial score (nSPS) is 23.0. The minimum Gasteiger partial charge on any atom is -0.481 e. The Morgan fingerprint density at radius 1 is 1.20 bits per heavy atom. The second kappa shape index (κ2) is 6.93. The Morgan fingerprint density at radius 3 is 2.25 bits per heavy atom. The van der Waals surface area contributed by atoms with Crippen LogP contribution in [-0.2, 0) is 4.79 Å². The molecule has 2 fully saturated rings. The summed E-state index contributed by atoms with van der Waals surface area (Å²) in [6.07, 6.45) is 10.1. The van der Waals surface area contributed by atoms with E-state index in [1.165, 1.54) is 32.1 Å². The third-order valence-electron chi connectivity index (χ3n) is 5.08. The van der Waals surface area contributed by atoms with Gasteiger partial charge in [0.1, 0.15) is 0 Å². The first kappa shape index (κ1) is 15.8. The molecule has 0 aromatic heterocycles. The Morgan fingerprint density at radius 2 is 1.80 bits per heavy atom. The largest absolute Gasteiger partial charge is 0.481 e. The molecule has 2 aliphatic carbocycles. The first-order chi connectivity index (χ1) is 9.53. The molecular weight excluding hydrogens is 250 g/mol. The first-order valence-corrected chi connectivity index (χ1v) is 8.51. The lowest BCUT2D eigenvalue weighted by atomic mass is 9.79. The van der Waals surface area contributed by atoms with Gasteiger partial charge in [-0.15, -0.1) is 0 Å². The fraction of sp³-hybridized carbons (Fsp3) is 0.941. The van der Waals surface area contributed by atoms with Crippen molar-refractivity contribution in [3.63, 3.8) is 0 Å². The van der Waals surface area contributed by atoms with Crippen molar-refractivity contribution in [2.24, 2.45) is 11.3 Å². The van der Waals surface area contributed by atoms with Gasteiger partial charge in [0.25, 0.3) is 0 Å².